The molecule has 5 nitrogen and oxygen atoms in total. The van der Waals surface area contributed by atoms with Gasteiger partial charge in [0, 0.05) is 11.1 Å². The Kier molecular flexibility index (Phi) is 7.35. The number of sulfonamides is 1. The van der Waals surface area contributed by atoms with Gasteiger partial charge < -0.3 is 5.32 Å². The van der Waals surface area contributed by atoms with E-state index in [1.54, 1.807) is 31.2 Å². The van der Waals surface area contributed by atoms with Gasteiger partial charge >= 0.3 is 0 Å². The molecule has 0 radical (unpaired) electrons. The number of benzene rings is 1. The van der Waals surface area contributed by atoms with Gasteiger partial charge in [0.2, 0.25) is 15.9 Å². The molecule has 0 saturated carbocycles. The fourth-order valence-corrected chi connectivity index (χ4v) is 3.83. The van der Waals surface area contributed by atoms with Crippen LogP contribution >= 0.6 is 11.6 Å². The van der Waals surface area contributed by atoms with Gasteiger partial charge in [0.25, 0.3) is 0 Å². The number of anilines is 1. The average Bonchev–Trinajstić information content (AvgIpc) is 2.44. The highest BCUT2D eigenvalue weighted by atomic mass is 35.5. The van der Waals surface area contributed by atoms with E-state index in [-0.39, 0.29) is 11.9 Å². The molecular weight excluding hydrogens is 336 g/mol. The third kappa shape index (κ3) is 5.70. The minimum atomic E-state index is -3.61. The van der Waals surface area contributed by atoms with Crippen molar-refractivity contribution < 1.29 is 13.2 Å². The van der Waals surface area contributed by atoms with E-state index in [1.807, 2.05) is 13.8 Å². The van der Waals surface area contributed by atoms with Crippen LogP contribution in [0.4, 0.5) is 5.69 Å². The maximum Gasteiger partial charge on any atom is 0.244 e. The molecule has 0 heterocycles. The van der Waals surface area contributed by atoms with Gasteiger partial charge in [-0.1, -0.05) is 31.9 Å². The van der Waals surface area contributed by atoms with Gasteiger partial charge in [0.1, 0.15) is 6.04 Å². The minimum Gasteiger partial charge on any atom is -0.352 e. The summed E-state index contributed by atoms with van der Waals surface area (Å²) in [4.78, 5) is 12.5. The highest BCUT2D eigenvalue weighted by Crippen LogP contribution is 2.24. The normalized spacial score (nSPS) is 14.1. The Bertz CT molecular complexity index is 617. The zero-order valence-electron chi connectivity index (χ0n) is 14.0. The summed E-state index contributed by atoms with van der Waals surface area (Å²) in [6.45, 7) is 5.75. The van der Waals surface area contributed by atoms with Crippen LogP contribution in [0, 0.1) is 0 Å². The Hall–Kier alpha value is -1.27. The monoisotopic (exact) mass is 360 g/mol. The molecule has 7 heteroatoms. The fourth-order valence-electron chi connectivity index (χ4n) is 2.49. The molecule has 0 fully saturated rings. The van der Waals surface area contributed by atoms with Crippen molar-refractivity contribution in [3.63, 3.8) is 0 Å². The molecule has 2 unspecified atom stereocenters. The molecule has 23 heavy (non-hydrogen) atoms. The molecule has 1 N–H and O–H groups in total. The molecule has 0 aliphatic carbocycles. The van der Waals surface area contributed by atoms with Gasteiger partial charge in [0.15, 0.2) is 0 Å². The lowest BCUT2D eigenvalue weighted by molar-refractivity contribution is -0.122. The van der Waals surface area contributed by atoms with Crippen LogP contribution in [-0.4, -0.2) is 32.7 Å². The van der Waals surface area contributed by atoms with Crippen LogP contribution in [0.15, 0.2) is 24.3 Å². The molecule has 0 aliphatic heterocycles. The highest BCUT2D eigenvalue weighted by molar-refractivity contribution is 7.92. The predicted molar refractivity (Wildman–Crippen MR) is 95.4 cm³/mol. The Morgan fingerprint density at radius 3 is 2.26 bits per heavy atom. The molecule has 0 saturated heterocycles. The van der Waals surface area contributed by atoms with Crippen molar-refractivity contribution in [1.29, 1.82) is 0 Å². The molecule has 1 amide bonds. The van der Waals surface area contributed by atoms with Crippen LogP contribution in [0.25, 0.3) is 0 Å². The van der Waals surface area contributed by atoms with Crippen LogP contribution < -0.4 is 9.62 Å². The summed E-state index contributed by atoms with van der Waals surface area (Å²) in [5.41, 5.74) is 0.432. The third-order valence-corrected chi connectivity index (χ3v) is 4.95. The lowest BCUT2D eigenvalue weighted by Gasteiger charge is -2.31. The minimum absolute atomic E-state index is 0.00757. The van der Waals surface area contributed by atoms with E-state index in [0.29, 0.717) is 17.1 Å². The first-order chi connectivity index (χ1) is 10.7. The van der Waals surface area contributed by atoms with Crippen LogP contribution in [0.1, 0.15) is 40.0 Å². The van der Waals surface area contributed by atoms with Gasteiger partial charge in [-0.05, 0) is 44.0 Å². The van der Waals surface area contributed by atoms with Crippen LogP contribution in [0.5, 0.6) is 0 Å². The third-order valence-electron chi connectivity index (χ3n) is 3.52. The standard InChI is InChI=1S/C16H25ClN2O3S/c1-5-7-12(3)18-16(20)15(6-2)19(23(4,21)22)14-10-8-13(17)9-11-14/h8-12,15H,5-7H2,1-4H3,(H,18,20). The summed E-state index contributed by atoms with van der Waals surface area (Å²) < 4.78 is 25.7. The van der Waals surface area contributed by atoms with E-state index in [9.17, 15) is 13.2 Å². The number of hydrogen-bond acceptors (Lipinski definition) is 3. The van der Waals surface area contributed by atoms with E-state index in [2.05, 4.69) is 5.32 Å². The smallest absolute Gasteiger partial charge is 0.244 e. The van der Waals surface area contributed by atoms with Crippen molar-refractivity contribution in [2.24, 2.45) is 0 Å². The Morgan fingerprint density at radius 2 is 1.83 bits per heavy atom. The second-order valence-electron chi connectivity index (χ2n) is 5.66. The van der Waals surface area contributed by atoms with E-state index < -0.39 is 16.1 Å². The van der Waals surface area contributed by atoms with Crippen LogP contribution in [0.3, 0.4) is 0 Å². The van der Waals surface area contributed by atoms with Gasteiger partial charge in [-0.3, -0.25) is 9.10 Å². The molecular formula is C16H25ClN2O3S. The number of nitrogens with zero attached hydrogens (tertiary/aromatic N) is 1. The number of rotatable bonds is 8. The first-order valence-corrected chi connectivity index (χ1v) is 9.98. The van der Waals surface area contributed by atoms with E-state index in [1.165, 1.54) is 0 Å². The molecule has 0 aliphatic rings. The first-order valence-electron chi connectivity index (χ1n) is 7.76. The maximum atomic E-state index is 12.5. The molecule has 130 valence electrons. The lowest BCUT2D eigenvalue weighted by Crippen LogP contribution is -2.51. The van der Waals surface area contributed by atoms with Crippen molar-refractivity contribution in [1.82, 2.24) is 5.32 Å². The predicted octanol–water partition coefficient (Wildman–Crippen LogP) is 3.19. The molecule has 0 bridgehead atoms. The van der Waals surface area contributed by atoms with Gasteiger partial charge in [-0.15, -0.1) is 0 Å². The highest BCUT2D eigenvalue weighted by Gasteiger charge is 2.31. The first kappa shape index (κ1) is 19.8. The van der Waals surface area contributed by atoms with Crippen molar-refractivity contribution in [3.05, 3.63) is 29.3 Å². The van der Waals surface area contributed by atoms with Gasteiger partial charge in [-0.2, -0.15) is 0 Å². The van der Waals surface area contributed by atoms with E-state index in [0.717, 1.165) is 23.4 Å². The number of amides is 1. The van der Waals surface area contributed by atoms with Crippen LogP contribution in [-0.2, 0) is 14.8 Å². The summed E-state index contributed by atoms with van der Waals surface area (Å²) >= 11 is 5.86. The van der Waals surface area contributed by atoms with Crippen molar-refractivity contribution in [2.75, 3.05) is 10.6 Å². The Balaban J connectivity index is 3.13. The molecule has 1 aromatic carbocycles. The summed E-state index contributed by atoms with van der Waals surface area (Å²) in [6, 6.07) is 5.65. The zero-order valence-corrected chi connectivity index (χ0v) is 15.6. The van der Waals surface area contributed by atoms with Crippen molar-refractivity contribution >= 4 is 33.2 Å². The summed E-state index contributed by atoms with van der Waals surface area (Å²) in [7, 11) is -3.61. The van der Waals surface area contributed by atoms with Gasteiger partial charge in [-0.25, -0.2) is 8.42 Å². The van der Waals surface area contributed by atoms with E-state index in [4.69, 9.17) is 11.6 Å². The maximum absolute atomic E-state index is 12.5. The molecule has 2 atom stereocenters. The Labute approximate surface area is 144 Å². The van der Waals surface area contributed by atoms with Gasteiger partial charge in [0.05, 0.1) is 11.9 Å². The second kappa shape index (κ2) is 8.55. The zero-order chi connectivity index (χ0) is 17.6. The number of carbonyl (C=O) groups excluding carboxylic acids is 1. The molecule has 1 rings (SSSR count). The van der Waals surface area contributed by atoms with Crippen molar-refractivity contribution in [2.45, 2.75) is 52.1 Å². The molecule has 0 spiro atoms. The second-order valence-corrected chi connectivity index (χ2v) is 7.95. The largest absolute Gasteiger partial charge is 0.352 e. The van der Waals surface area contributed by atoms with Crippen molar-refractivity contribution in [3.8, 4) is 0 Å². The quantitative estimate of drug-likeness (QED) is 0.774. The number of hydrogen-bond donors (Lipinski definition) is 1. The van der Waals surface area contributed by atoms with Crippen LogP contribution in [0.2, 0.25) is 5.02 Å². The summed E-state index contributed by atoms with van der Waals surface area (Å²) in [6.07, 6.45) is 3.28. The average molecular weight is 361 g/mol. The SMILES string of the molecule is CCCC(C)NC(=O)C(CC)N(c1ccc(Cl)cc1)S(C)(=O)=O. The lowest BCUT2D eigenvalue weighted by atomic mass is 10.1. The summed E-state index contributed by atoms with van der Waals surface area (Å²) in [5, 5.41) is 3.40. The Morgan fingerprint density at radius 1 is 1.26 bits per heavy atom. The molecule has 1 aromatic rings. The fraction of sp³-hybridized carbons (Fsp3) is 0.562. The topological polar surface area (TPSA) is 66.5 Å². The number of carbonyl (C=O) groups is 1. The molecule has 0 aromatic heterocycles. The number of halogens is 1. The number of nitrogens with one attached hydrogen (secondary N) is 1. The van der Waals surface area contributed by atoms with E-state index >= 15 is 0 Å². The summed E-state index contributed by atoms with van der Waals surface area (Å²) in [5.74, 6) is -0.283.